The predicted octanol–water partition coefficient (Wildman–Crippen LogP) is 1.82. The van der Waals surface area contributed by atoms with Crippen LogP contribution in [0.5, 0.6) is 0 Å². The molecule has 1 aliphatic heterocycles. The lowest BCUT2D eigenvalue weighted by molar-refractivity contribution is -0.123. The average molecular weight is 212 g/mol. The van der Waals surface area contributed by atoms with E-state index in [0.29, 0.717) is 12.5 Å². The van der Waals surface area contributed by atoms with Gasteiger partial charge >= 0.3 is 0 Å². The monoisotopic (exact) mass is 212 g/mol. The summed E-state index contributed by atoms with van der Waals surface area (Å²) in [6, 6.07) is 0.395. The van der Waals surface area contributed by atoms with Crippen LogP contribution in [-0.2, 0) is 4.79 Å². The van der Waals surface area contributed by atoms with Gasteiger partial charge in [0.15, 0.2) is 0 Å². The largest absolute Gasteiger partial charge is 0.351 e. The fourth-order valence-electron chi connectivity index (χ4n) is 1.84. The molecule has 3 heteroatoms. The van der Waals surface area contributed by atoms with E-state index in [4.69, 9.17) is 0 Å². The van der Waals surface area contributed by atoms with E-state index in [1.165, 1.54) is 12.8 Å². The summed E-state index contributed by atoms with van der Waals surface area (Å²) in [6.45, 7) is 7.30. The van der Waals surface area contributed by atoms with E-state index >= 15 is 0 Å². The SMILES string of the molecule is CCC(C)(C)NC(=O)CC1CCCCN1. The van der Waals surface area contributed by atoms with Crippen molar-refractivity contribution in [3.05, 3.63) is 0 Å². The summed E-state index contributed by atoms with van der Waals surface area (Å²) in [5.74, 6) is 0.182. The van der Waals surface area contributed by atoms with E-state index in [1.807, 2.05) is 0 Å². The van der Waals surface area contributed by atoms with E-state index in [0.717, 1.165) is 19.4 Å². The number of amides is 1. The second-order valence-corrected chi connectivity index (χ2v) is 5.14. The molecule has 0 aromatic rings. The lowest BCUT2D eigenvalue weighted by Gasteiger charge is -2.27. The highest BCUT2D eigenvalue weighted by Gasteiger charge is 2.21. The van der Waals surface area contributed by atoms with E-state index < -0.39 is 0 Å². The van der Waals surface area contributed by atoms with Crippen LogP contribution in [0.3, 0.4) is 0 Å². The fraction of sp³-hybridized carbons (Fsp3) is 0.917. The van der Waals surface area contributed by atoms with Crippen molar-refractivity contribution in [1.29, 1.82) is 0 Å². The van der Waals surface area contributed by atoms with Crippen molar-refractivity contribution < 1.29 is 4.79 Å². The van der Waals surface area contributed by atoms with Crippen LogP contribution in [0.2, 0.25) is 0 Å². The summed E-state index contributed by atoms with van der Waals surface area (Å²) in [6.07, 6.45) is 5.24. The van der Waals surface area contributed by atoms with Crippen molar-refractivity contribution >= 4 is 5.91 Å². The minimum absolute atomic E-state index is 0.0637. The Labute approximate surface area is 93.0 Å². The Hall–Kier alpha value is -0.570. The van der Waals surface area contributed by atoms with Crippen molar-refractivity contribution in [2.45, 2.75) is 64.5 Å². The van der Waals surface area contributed by atoms with Crippen molar-refractivity contribution in [2.75, 3.05) is 6.54 Å². The molecule has 1 unspecified atom stereocenters. The Bertz CT molecular complexity index is 208. The number of nitrogens with one attached hydrogen (secondary N) is 2. The lowest BCUT2D eigenvalue weighted by Crippen LogP contribution is -2.46. The van der Waals surface area contributed by atoms with E-state index in [9.17, 15) is 4.79 Å². The molecule has 0 spiro atoms. The van der Waals surface area contributed by atoms with Crippen molar-refractivity contribution in [3.8, 4) is 0 Å². The summed E-state index contributed by atoms with van der Waals surface area (Å²) in [5, 5.41) is 6.47. The van der Waals surface area contributed by atoms with Gasteiger partial charge in [-0.3, -0.25) is 4.79 Å². The van der Waals surface area contributed by atoms with Crippen LogP contribution in [0.4, 0.5) is 0 Å². The maximum atomic E-state index is 11.7. The summed E-state index contributed by atoms with van der Waals surface area (Å²) in [5.41, 5.74) is -0.0637. The maximum Gasteiger partial charge on any atom is 0.221 e. The molecule has 15 heavy (non-hydrogen) atoms. The van der Waals surface area contributed by atoms with E-state index in [2.05, 4.69) is 31.4 Å². The van der Waals surface area contributed by atoms with Gasteiger partial charge in [0.1, 0.15) is 0 Å². The van der Waals surface area contributed by atoms with Gasteiger partial charge in [-0.15, -0.1) is 0 Å². The highest BCUT2D eigenvalue weighted by atomic mass is 16.1. The first-order valence-corrected chi connectivity index (χ1v) is 6.08. The zero-order chi connectivity index (χ0) is 11.3. The summed E-state index contributed by atoms with van der Waals surface area (Å²) in [7, 11) is 0. The predicted molar refractivity (Wildman–Crippen MR) is 62.8 cm³/mol. The number of carbonyl (C=O) groups is 1. The Morgan fingerprint density at radius 2 is 2.20 bits per heavy atom. The number of rotatable bonds is 4. The first-order chi connectivity index (χ1) is 7.03. The van der Waals surface area contributed by atoms with Crippen LogP contribution in [0.15, 0.2) is 0 Å². The molecule has 1 aliphatic rings. The number of hydrogen-bond acceptors (Lipinski definition) is 2. The lowest BCUT2D eigenvalue weighted by atomic mass is 9.99. The molecule has 0 bridgehead atoms. The molecule has 1 atom stereocenters. The first kappa shape index (κ1) is 12.5. The van der Waals surface area contributed by atoms with Gasteiger partial charge in [-0.2, -0.15) is 0 Å². The molecule has 1 saturated heterocycles. The smallest absolute Gasteiger partial charge is 0.221 e. The van der Waals surface area contributed by atoms with Crippen molar-refractivity contribution in [2.24, 2.45) is 0 Å². The third-order valence-electron chi connectivity index (χ3n) is 3.21. The standard InChI is InChI=1S/C12H24N2O/c1-4-12(2,3)14-11(15)9-10-7-5-6-8-13-10/h10,13H,4-9H2,1-3H3,(H,14,15). The molecule has 2 N–H and O–H groups in total. The molecular formula is C12H24N2O. The zero-order valence-corrected chi connectivity index (χ0v) is 10.2. The highest BCUT2D eigenvalue weighted by molar-refractivity contribution is 5.77. The van der Waals surface area contributed by atoms with E-state index in [1.54, 1.807) is 0 Å². The summed E-state index contributed by atoms with van der Waals surface area (Å²) >= 11 is 0. The number of piperidine rings is 1. The topological polar surface area (TPSA) is 41.1 Å². The van der Waals surface area contributed by atoms with Gasteiger partial charge in [-0.25, -0.2) is 0 Å². The Kier molecular flexibility index (Phi) is 4.58. The van der Waals surface area contributed by atoms with Crippen molar-refractivity contribution in [3.63, 3.8) is 0 Å². The van der Waals surface area contributed by atoms with Crippen LogP contribution in [0.1, 0.15) is 52.9 Å². The van der Waals surface area contributed by atoms with Crippen LogP contribution >= 0.6 is 0 Å². The number of carbonyl (C=O) groups excluding carboxylic acids is 1. The molecule has 1 fully saturated rings. The van der Waals surface area contributed by atoms with Gasteiger partial charge in [-0.05, 0) is 39.7 Å². The van der Waals surface area contributed by atoms with Gasteiger partial charge in [0.2, 0.25) is 5.91 Å². The molecule has 0 aromatic carbocycles. The molecule has 88 valence electrons. The summed E-state index contributed by atoms with van der Waals surface area (Å²) in [4.78, 5) is 11.7. The Balaban J connectivity index is 2.28. The second kappa shape index (κ2) is 5.50. The van der Waals surface area contributed by atoms with Gasteiger partial charge < -0.3 is 10.6 Å². The quantitative estimate of drug-likeness (QED) is 0.746. The normalized spacial score (nSPS) is 22.5. The number of hydrogen-bond donors (Lipinski definition) is 2. The molecule has 0 aromatic heterocycles. The fourth-order valence-corrected chi connectivity index (χ4v) is 1.84. The van der Waals surface area contributed by atoms with E-state index in [-0.39, 0.29) is 11.4 Å². The molecule has 3 nitrogen and oxygen atoms in total. The molecule has 1 amide bonds. The van der Waals surface area contributed by atoms with Crippen LogP contribution in [-0.4, -0.2) is 24.0 Å². The maximum absolute atomic E-state index is 11.7. The molecule has 0 radical (unpaired) electrons. The Morgan fingerprint density at radius 1 is 1.47 bits per heavy atom. The van der Waals surface area contributed by atoms with Crippen LogP contribution in [0, 0.1) is 0 Å². The minimum atomic E-state index is -0.0637. The first-order valence-electron chi connectivity index (χ1n) is 6.08. The third kappa shape index (κ3) is 4.65. The molecule has 1 rings (SSSR count). The third-order valence-corrected chi connectivity index (χ3v) is 3.21. The Morgan fingerprint density at radius 3 is 2.73 bits per heavy atom. The van der Waals surface area contributed by atoms with Gasteiger partial charge in [0.25, 0.3) is 0 Å². The second-order valence-electron chi connectivity index (χ2n) is 5.14. The summed E-state index contributed by atoms with van der Waals surface area (Å²) < 4.78 is 0. The van der Waals surface area contributed by atoms with Crippen molar-refractivity contribution in [1.82, 2.24) is 10.6 Å². The molecular weight excluding hydrogens is 188 g/mol. The molecule has 0 aliphatic carbocycles. The average Bonchev–Trinajstić information content (AvgIpc) is 2.18. The zero-order valence-electron chi connectivity index (χ0n) is 10.2. The molecule has 0 saturated carbocycles. The van der Waals surface area contributed by atoms with Crippen LogP contribution < -0.4 is 10.6 Å². The van der Waals surface area contributed by atoms with Gasteiger partial charge in [0.05, 0.1) is 0 Å². The van der Waals surface area contributed by atoms with Gasteiger partial charge in [-0.1, -0.05) is 13.3 Å². The highest BCUT2D eigenvalue weighted by Crippen LogP contribution is 2.12. The van der Waals surface area contributed by atoms with Crippen LogP contribution in [0.25, 0.3) is 0 Å². The van der Waals surface area contributed by atoms with Gasteiger partial charge in [0, 0.05) is 18.0 Å². The minimum Gasteiger partial charge on any atom is -0.351 e. The molecule has 1 heterocycles.